The minimum atomic E-state index is 0.390. The first-order valence-corrected chi connectivity index (χ1v) is 6.66. The molecule has 0 aliphatic heterocycles. The zero-order valence-electron chi connectivity index (χ0n) is 10.9. The summed E-state index contributed by atoms with van der Waals surface area (Å²) in [6, 6.07) is 16.8. The van der Waals surface area contributed by atoms with Gasteiger partial charge in [-0.15, -0.1) is 10.2 Å². The van der Waals surface area contributed by atoms with Gasteiger partial charge in [-0.1, -0.05) is 41.9 Å². The molecule has 0 saturated carbocycles. The third kappa shape index (κ3) is 2.76. The van der Waals surface area contributed by atoms with Crippen LogP contribution in [0.3, 0.4) is 0 Å². The van der Waals surface area contributed by atoms with Crippen LogP contribution in [0.25, 0.3) is 11.4 Å². The number of hydrogen-bond acceptors (Lipinski definition) is 4. The highest BCUT2D eigenvalue weighted by Crippen LogP contribution is 2.23. The van der Waals surface area contributed by atoms with Gasteiger partial charge in [-0.3, -0.25) is 0 Å². The second kappa shape index (κ2) is 5.73. The summed E-state index contributed by atoms with van der Waals surface area (Å²) in [5.74, 6) is 0.468. The number of benzene rings is 2. The highest BCUT2D eigenvalue weighted by atomic mass is 35.5. The Morgan fingerprint density at radius 3 is 2.67 bits per heavy atom. The summed E-state index contributed by atoms with van der Waals surface area (Å²) in [4.78, 5) is 1.45. The first-order chi connectivity index (χ1) is 10.3. The molecule has 0 N–H and O–H groups in total. The fourth-order valence-electron chi connectivity index (χ4n) is 1.98. The normalized spacial score (nSPS) is 10.3. The molecule has 102 valence electrons. The molecule has 0 aliphatic carbocycles. The van der Waals surface area contributed by atoms with E-state index in [4.69, 9.17) is 16.9 Å². The van der Waals surface area contributed by atoms with E-state index in [2.05, 4.69) is 21.5 Å². The summed E-state index contributed by atoms with van der Waals surface area (Å²) < 4.78 is 0. The Bertz CT molecular complexity index is 819. The minimum absolute atomic E-state index is 0.390. The second-order valence-electron chi connectivity index (χ2n) is 4.39. The molecule has 0 fully saturated rings. The molecule has 21 heavy (non-hydrogen) atoms. The lowest BCUT2D eigenvalue weighted by atomic mass is 10.1. The molecule has 0 amide bonds. The van der Waals surface area contributed by atoms with E-state index in [0.717, 1.165) is 11.1 Å². The number of hydrogen-bond donors (Lipinski definition) is 0. The van der Waals surface area contributed by atoms with Gasteiger partial charge in [0.05, 0.1) is 23.2 Å². The van der Waals surface area contributed by atoms with Crippen LogP contribution >= 0.6 is 11.6 Å². The molecule has 0 aliphatic rings. The summed E-state index contributed by atoms with van der Waals surface area (Å²) in [6.07, 6.45) is 0. The molecule has 3 rings (SSSR count). The van der Waals surface area contributed by atoms with Crippen LogP contribution in [0.4, 0.5) is 0 Å². The fraction of sp³-hybridized carbons (Fsp3) is 0.0667. The van der Waals surface area contributed by atoms with E-state index >= 15 is 0 Å². The van der Waals surface area contributed by atoms with Gasteiger partial charge in [0.25, 0.3) is 0 Å². The molecule has 0 unspecified atom stereocenters. The van der Waals surface area contributed by atoms with Crippen molar-refractivity contribution >= 4 is 11.6 Å². The molecule has 0 saturated heterocycles. The average molecular weight is 296 g/mol. The largest absolute Gasteiger partial charge is 0.206 e. The fourth-order valence-corrected chi connectivity index (χ4v) is 2.20. The Kier molecular flexibility index (Phi) is 3.63. The van der Waals surface area contributed by atoms with Gasteiger partial charge < -0.3 is 0 Å². The van der Waals surface area contributed by atoms with Gasteiger partial charge in [0.15, 0.2) is 0 Å². The summed E-state index contributed by atoms with van der Waals surface area (Å²) >= 11 is 6.12. The van der Waals surface area contributed by atoms with Gasteiger partial charge in [0.2, 0.25) is 5.82 Å². The number of tetrazole rings is 1. The lowest BCUT2D eigenvalue weighted by Crippen LogP contribution is -2.05. The monoisotopic (exact) mass is 295 g/mol. The van der Waals surface area contributed by atoms with Crippen LogP contribution in [0, 0.1) is 11.3 Å². The standard InChI is InChI=1S/C15H10ClN5/c16-14-8-4-3-7-13(14)15-18-20-21(19-15)10-12-6-2-1-5-11(12)9-17/h1-8H,10H2. The molecule has 3 aromatic rings. The van der Waals surface area contributed by atoms with E-state index in [1.807, 2.05) is 36.4 Å². The van der Waals surface area contributed by atoms with Crippen LogP contribution in [0.1, 0.15) is 11.1 Å². The number of nitrogens with zero attached hydrogens (tertiary/aromatic N) is 5. The minimum Gasteiger partial charge on any atom is -0.192 e. The van der Waals surface area contributed by atoms with Crippen LogP contribution in [-0.4, -0.2) is 20.2 Å². The van der Waals surface area contributed by atoms with Gasteiger partial charge in [0, 0.05) is 5.56 Å². The third-order valence-electron chi connectivity index (χ3n) is 3.02. The van der Waals surface area contributed by atoms with Crippen LogP contribution in [0.15, 0.2) is 48.5 Å². The number of nitriles is 1. The number of rotatable bonds is 3. The van der Waals surface area contributed by atoms with Crippen LogP contribution in [-0.2, 0) is 6.54 Å². The van der Waals surface area contributed by atoms with Crippen molar-refractivity contribution in [1.29, 1.82) is 5.26 Å². The topological polar surface area (TPSA) is 67.4 Å². The van der Waals surface area contributed by atoms with Crippen molar-refractivity contribution < 1.29 is 0 Å². The van der Waals surface area contributed by atoms with Crippen LogP contribution in [0.2, 0.25) is 5.02 Å². The summed E-state index contributed by atoms with van der Waals surface area (Å²) in [5, 5.41) is 22.0. The van der Waals surface area contributed by atoms with E-state index in [0.29, 0.717) is 23.0 Å². The highest BCUT2D eigenvalue weighted by Gasteiger charge is 2.10. The molecule has 0 radical (unpaired) electrons. The van der Waals surface area contributed by atoms with Crippen molar-refractivity contribution in [2.24, 2.45) is 0 Å². The van der Waals surface area contributed by atoms with Gasteiger partial charge in [-0.25, -0.2) is 0 Å². The van der Waals surface area contributed by atoms with E-state index in [1.165, 1.54) is 4.80 Å². The van der Waals surface area contributed by atoms with E-state index < -0.39 is 0 Å². The van der Waals surface area contributed by atoms with Gasteiger partial charge in [0.1, 0.15) is 0 Å². The second-order valence-corrected chi connectivity index (χ2v) is 4.80. The molecule has 0 bridgehead atoms. The quantitative estimate of drug-likeness (QED) is 0.745. The maximum atomic E-state index is 9.08. The van der Waals surface area contributed by atoms with E-state index in [9.17, 15) is 0 Å². The zero-order valence-corrected chi connectivity index (χ0v) is 11.7. The number of aromatic nitrogens is 4. The molecular weight excluding hydrogens is 286 g/mol. The van der Waals surface area contributed by atoms with E-state index in [-0.39, 0.29) is 0 Å². The molecule has 1 heterocycles. The lowest BCUT2D eigenvalue weighted by molar-refractivity contribution is 0.572. The Balaban J connectivity index is 1.90. The SMILES string of the molecule is N#Cc1ccccc1Cn1nnc(-c2ccccc2Cl)n1. The van der Waals surface area contributed by atoms with Crippen molar-refractivity contribution in [3.63, 3.8) is 0 Å². The maximum absolute atomic E-state index is 9.08. The molecule has 0 atom stereocenters. The van der Waals surface area contributed by atoms with Crippen molar-refractivity contribution in [1.82, 2.24) is 20.2 Å². The van der Waals surface area contributed by atoms with Crippen molar-refractivity contribution in [2.75, 3.05) is 0 Å². The van der Waals surface area contributed by atoms with Crippen molar-refractivity contribution in [3.8, 4) is 17.5 Å². The third-order valence-corrected chi connectivity index (χ3v) is 3.35. The van der Waals surface area contributed by atoms with E-state index in [1.54, 1.807) is 12.1 Å². The Labute approximate surface area is 126 Å². The molecule has 1 aromatic heterocycles. The lowest BCUT2D eigenvalue weighted by Gasteiger charge is -2.01. The van der Waals surface area contributed by atoms with Crippen molar-refractivity contribution in [2.45, 2.75) is 6.54 Å². The summed E-state index contributed by atoms with van der Waals surface area (Å²) in [5.41, 5.74) is 2.19. The number of halogens is 1. The van der Waals surface area contributed by atoms with Crippen LogP contribution in [0.5, 0.6) is 0 Å². The Morgan fingerprint density at radius 1 is 1.10 bits per heavy atom. The Hall–Kier alpha value is -2.71. The van der Waals surface area contributed by atoms with Gasteiger partial charge in [-0.05, 0) is 29.0 Å². The van der Waals surface area contributed by atoms with Crippen molar-refractivity contribution in [3.05, 3.63) is 64.7 Å². The predicted molar refractivity (Wildman–Crippen MR) is 78.5 cm³/mol. The highest BCUT2D eigenvalue weighted by molar-refractivity contribution is 6.33. The molecule has 5 nitrogen and oxygen atoms in total. The Morgan fingerprint density at radius 2 is 1.86 bits per heavy atom. The maximum Gasteiger partial charge on any atom is 0.206 e. The molecular formula is C15H10ClN5. The van der Waals surface area contributed by atoms with Gasteiger partial charge in [-0.2, -0.15) is 10.1 Å². The summed E-state index contributed by atoms with van der Waals surface area (Å²) in [6.45, 7) is 0.390. The van der Waals surface area contributed by atoms with Crippen LogP contribution < -0.4 is 0 Å². The van der Waals surface area contributed by atoms with Gasteiger partial charge >= 0.3 is 0 Å². The summed E-state index contributed by atoms with van der Waals surface area (Å²) in [7, 11) is 0. The average Bonchev–Trinajstić information content (AvgIpc) is 2.96. The first-order valence-electron chi connectivity index (χ1n) is 6.28. The first kappa shape index (κ1) is 13.3. The molecule has 0 spiro atoms. The molecule has 6 heteroatoms. The smallest absolute Gasteiger partial charge is 0.192 e. The zero-order chi connectivity index (χ0) is 14.7. The molecule has 2 aromatic carbocycles. The predicted octanol–water partition coefficient (Wildman–Crippen LogP) is 2.91.